The summed E-state index contributed by atoms with van der Waals surface area (Å²) in [7, 11) is 0. The molecule has 8 nitrogen and oxygen atoms in total. The quantitative estimate of drug-likeness (QED) is 0.586. The average Bonchev–Trinajstić information content (AvgIpc) is 3.39. The maximum Gasteiger partial charge on any atom is 0.508 e. The molecule has 8 heteroatoms. The molecule has 164 valence electrons. The summed E-state index contributed by atoms with van der Waals surface area (Å²) in [6.07, 6.45) is -2.06. The van der Waals surface area contributed by atoms with E-state index in [2.05, 4.69) is 13.8 Å². The minimum Gasteiger partial charge on any atom is -0.490 e. The third-order valence-corrected chi connectivity index (χ3v) is 5.32. The first kappa shape index (κ1) is 20.8. The lowest BCUT2D eigenvalue weighted by molar-refractivity contribution is 0.0977. The van der Waals surface area contributed by atoms with E-state index < -0.39 is 12.3 Å². The van der Waals surface area contributed by atoms with Crippen LogP contribution in [-0.4, -0.2) is 50.9 Å². The predicted octanol–water partition coefficient (Wildman–Crippen LogP) is 3.84. The highest BCUT2D eigenvalue weighted by Crippen LogP contribution is 2.33. The van der Waals surface area contributed by atoms with E-state index >= 15 is 0 Å². The van der Waals surface area contributed by atoms with Gasteiger partial charge in [0.2, 0.25) is 0 Å². The molecule has 2 saturated heterocycles. The molecule has 0 spiro atoms. The first-order chi connectivity index (χ1) is 14.9. The van der Waals surface area contributed by atoms with Gasteiger partial charge in [-0.25, -0.2) is 9.59 Å². The van der Waals surface area contributed by atoms with Crippen molar-refractivity contribution in [2.45, 2.75) is 31.5 Å². The van der Waals surface area contributed by atoms with Crippen LogP contribution in [0.4, 0.5) is 9.59 Å². The van der Waals surface area contributed by atoms with Crippen molar-refractivity contribution in [2.75, 3.05) is 26.4 Å². The Morgan fingerprint density at radius 2 is 1.13 bits per heavy atom. The van der Waals surface area contributed by atoms with E-state index in [0.717, 1.165) is 11.1 Å². The summed E-state index contributed by atoms with van der Waals surface area (Å²) in [6.45, 7) is 5.21. The van der Waals surface area contributed by atoms with Crippen LogP contribution in [-0.2, 0) is 24.4 Å². The molecule has 4 rings (SSSR count). The zero-order valence-corrected chi connectivity index (χ0v) is 17.4. The van der Waals surface area contributed by atoms with Crippen LogP contribution in [0.2, 0.25) is 0 Å². The van der Waals surface area contributed by atoms with Crippen LogP contribution in [0, 0.1) is 0 Å². The zero-order valence-electron chi connectivity index (χ0n) is 17.4. The third-order valence-electron chi connectivity index (χ3n) is 5.32. The van der Waals surface area contributed by atoms with E-state index in [1.54, 1.807) is 0 Å². The van der Waals surface area contributed by atoms with Crippen molar-refractivity contribution >= 4 is 12.3 Å². The van der Waals surface area contributed by atoms with Crippen LogP contribution in [0.5, 0.6) is 11.5 Å². The van der Waals surface area contributed by atoms with Crippen molar-refractivity contribution in [1.82, 2.24) is 0 Å². The molecule has 2 heterocycles. The molecule has 2 aromatic carbocycles. The van der Waals surface area contributed by atoms with Gasteiger partial charge in [-0.3, -0.25) is 0 Å². The molecule has 2 aliphatic heterocycles. The fourth-order valence-corrected chi connectivity index (χ4v) is 3.38. The first-order valence-electron chi connectivity index (χ1n) is 10.0. The molecular formula is C23H24O8. The van der Waals surface area contributed by atoms with Gasteiger partial charge in [-0.2, -0.15) is 0 Å². The Kier molecular flexibility index (Phi) is 5.88. The van der Waals surface area contributed by atoms with Crippen LogP contribution in [0.15, 0.2) is 48.5 Å². The molecule has 0 radical (unpaired) electrons. The third kappa shape index (κ3) is 5.02. The smallest absolute Gasteiger partial charge is 0.490 e. The lowest BCUT2D eigenvalue weighted by atomic mass is 9.78. The van der Waals surface area contributed by atoms with Gasteiger partial charge in [-0.05, 0) is 35.4 Å². The molecule has 0 saturated carbocycles. The van der Waals surface area contributed by atoms with Gasteiger partial charge in [0.15, 0.2) is 12.2 Å². The van der Waals surface area contributed by atoms with Gasteiger partial charge in [0.05, 0.1) is 0 Å². The highest BCUT2D eigenvalue weighted by molar-refractivity contribution is 5.62. The molecule has 31 heavy (non-hydrogen) atoms. The van der Waals surface area contributed by atoms with Crippen molar-refractivity contribution in [2.24, 2.45) is 0 Å². The number of carbonyl (C=O) groups is 2. The Balaban J connectivity index is 1.33. The van der Waals surface area contributed by atoms with E-state index in [1.807, 2.05) is 48.5 Å². The van der Waals surface area contributed by atoms with Gasteiger partial charge < -0.3 is 28.4 Å². The van der Waals surface area contributed by atoms with Crippen molar-refractivity contribution in [3.05, 3.63) is 59.7 Å². The molecule has 2 fully saturated rings. The van der Waals surface area contributed by atoms with E-state index in [1.165, 1.54) is 0 Å². The van der Waals surface area contributed by atoms with Crippen LogP contribution < -0.4 is 9.47 Å². The highest BCUT2D eigenvalue weighted by Gasteiger charge is 2.27. The van der Waals surface area contributed by atoms with Gasteiger partial charge in [0.1, 0.15) is 37.9 Å². The second kappa shape index (κ2) is 8.75. The Morgan fingerprint density at radius 1 is 0.742 bits per heavy atom. The zero-order chi connectivity index (χ0) is 21.8. The Labute approximate surface area is 179 Å². The van der Waals surface area contributed by atoms with Crippen LogP contribution in [0.3, 0.4) is 0 Å². The second-order valence-electron chi connectivity index (χ2n) is 7.90. The van der Waals surface area contributed by atoms with Gasteiger partial charge >= 0.3 is 12.3 Å². The average molecular weight is 428 g/mol. The summed E-state index contributed by atoms with van der Waals surface area (Å²) in [5.74, 6) is 1.39. The number of carbonyl (C=O) groups excluding carboxylic acids is 2. The summed E-state index contributed by atoms with van der Waals surface area (Å²) in [5, 5.41) is 0. The maximum atomic E-state index is 11.0. The number of hydrogen-bond donors (Lipinski definition) is 0. The molecule has 2 aromatic rings. The Hall–Kier alpha value is -3.42. The number of ether oxygens (including phenoxy) is 6. The Bertz CT molecular complexity index is 844. The van der Waals surface area contributed by atoms with Crippen molar-refractivity contribution in [1.29, 1.82) is 0 Å². The van der Waals surface area contributed by atoms with Crippen LogP contribution in [0.25, 0.3) is 0 Å². The minimum absolute atomic E-state index is 0.212. The van der Waals surface area contributed by atoms with Gasteiger partial charge in [-0.1, -0.05) is 38.1 Å². The normalized spacial score (nSPS) is 20.5. The summed E-state index contributed by atoms with van der Waals surface area (Å²) in [5.41, 5.74) is 2.01. The number of cyclic esters (lactones) is 4. The topological polar surface area (TPSA) is 89.5 Å². The standard InChI is InChI=1S/C23H24O8/c1-23(2,15-3-7-17(8-4-15)26-11-19-13-28-21(24)30-19)16-5-9-18(10-6-16)27-12-20-14-29-22(25)31-20/h3-10,19-20H,11-14H2,1-2H3. The molecule has 2 aliphatic rings. The predicted molar refractivity (Wildman–Crippen MR) is 108 cm³/mol. The van der Waals surface area contributed by atoms with Crippen molar-refractivity contribution in [3.8, 4) is 11.5 Å². The van der Waals surface area contributed by atoms with Gasteiger partial charge in [-0.15, -0.1) is 0 Å². The Morgan fingerprint density at radius 3 is 1.45 bits per heavy atom. The van der Waals surface area contributed by atoms with E-state index in [-0.39, 0.29) is 44.1 Å². The SMILES string of the molecule is CC(C)(c1ccc(OCC2COC(=O)O2)cc1)c1ccc(OCC2COC(=O)O2)cc1. The fourth-order valence-electron chi connectivity index (χ4n) is 3.38. The lowest BCUT2D eigenvalue weighted by Gasteiger charge is -2.26. The fraction of sp³-hybridized carbons (Fsp3) is 0.391. The van der Waals surface area contributed by atoms with Crippen molar-refractivity contribution in [3.63, 3.8) is 0 Å². The first-order valence-corrected chi connectivity index (χ1v) is 10.0. The second-order valence-corrected chi connectivity index (χ2v) is 7.90. The monoisotopic (exact) mass is 428 g/mol. The number of hydrogen-bond acceptors (Lipinski definition) is 8. The number of rotatable bonds is 8. The summed E-state index contributed by atoms with van der Waals surface area (Å²) >= 11 is 0. The molecule has 0 bridgehead atoms. The molecule has 0 amide bonds. The molecule has 0 aliphatic carbocycles. The number of benzene rings is 2. The summed E-state index contributed by atoms with van der Waals surface area (Å²) in [4.78, 5) is 21.9. The van der Waals surface area contributed by atoms with Crippen LogP contribution >= 0.6 is 0 Å². The lowest BCUT2D eigenvalue weighted by Crippen LogP contribution is -2.21. The van der Waals surface area contributed by atoms with Gasteiger partial charge in [0.25, 0.3) is 0 Å². The van der Waals surface area contributed by atoms with Gasteiger partial charge in [0, 0.05) is 5.41 Å². The molecule has 2 unspecified atom stereocenters. The summed E-state index contributed by atoms with van der Waals surface area (Å²) in [6, 6.07) is 15.7. The van der Waals surface area contributed by atoms with E-state index in [0.29, 0.717) is 11.5 Å². The highest BCUT2D eigenvalue weighted by atomic mass is 16.8. The minimum atomic E-state index is -0.655. The van der Waals surface area contributed by atoms with E-state index in [4.69, 9.17) is 28.4 Å². The largest absolute Gasteiger partial charge is 0.508 e. The maximum absolute atomic E-state index is 11.0. The molecule has 0 N–H and O–H groups in total. The molecular weight excluding hydrogens is 404 g/mol. The molecule has 0 aromatic heterocycles. The summed E-state index contributed by atoms with van der Waals surface area (Å²) < 4.78 is 30.8. The van der Waals surface area contributed by atoms with Crippen LogP contribution in [0.1, 0.15) is 25.0 Å². The van der Waals surface area contributed by atoms with Crippen molar-refractivity contribution < 1.29 is 38.0 Å². The van der Waals surface area contributed by atoms with E-state index in [9.17, 15) is 9.59 Å². The molecule has 2 atom stereocenters.